The van der Waals surface area contributed by atoms with Gasteiger partial charge in [-0.15, -0.1) is 0 Å². The maximum Gasteiger partial charge on any atom is 0.129 e. The van der Waals surface area contributed by atoms with Gasteiger partial charge in [0, 0.05) is 18.7 Å². The number of benzene rings is 1. The van der Waals surface area contributed by atoms with Gasteiger partial charge in [0.1, 0.15) is 11.6 Å². The largest absolute Gasteiger partial charge is 0.315 e. The van der Waals surface area contributed by atoms with E-state index in [0.717, 1.165) is 13.1 Å². The Balaban J connectivity index is 2.32. The molecule has 1 rings (SSSR count). The smallest absolute Gasteiger partial charge is 0.129 e. The summed E-state index contributed by atoms with van der Waals surface area (Å²) in [6.45, 7) is 2.33. The van der Waals surface area contributed by atoms with Crippen molar-refractivity contribution in [1.82, 2.24) is 10.2 Å². The van der Waals surface area contributed by atoms with Crippen molar-refractivity contribution >= 4 is 0 Å². The highest BCUT2D eigenvalue weighted by Gasteiger charge is 2.06. The van der Waals surface area contributed by atoms with Crippen molar-refractivity contribution in [3.63, 3.8) is 0 Å². The number of halogens is 2. The average Bonchev–Trinajstić information content (AvgIpc) is 2.21. The number of hydrogen-bond donors (Lipinski definition) is 1. The second kappa shape index (κ2) is 6.55. The van der Waals surface area contributed by atoms with Crippen LogP contribution in [0.4, 0.5) is 8.78 Å². The monoisotopic (exact) mass is 228 g/mol. The zero-order valence-electron chi connectivity index (χ0n) is 9.76. The maximum atomic E-state index is 13.2. The Labute approximate surface area is 95.3 Å². The van der Waals surface area contributed by atoms with Crippen molar-refractivity contribution in [3.8, 4) is 0 Å². The van der Waals surface area contributed by atoms with Crippen LogP contribution < -0.4 is 5.32 Å². The molecule has 16 heavy (non-hydrogen) atoms. The maximum absolute atomic E-state index is 13.2. The lowest BCUT2D eigenvalue weighted by Crippen LogP contribution is -2.28. The van der Waals surface area contributed by atoms with Crippen molar-refractivity contribution in [3.05, 3.63) is 35.4 Å². The molecule has 0 aliphatic rings. The van der Waals surface area contributed by atoms with E-state index in [2.05, 4.69) is 10.2 Å². The Hall–Kier alpha value is -1.00. The van der Waals surface area contributed by atoms with Gasteiger partial charge < -0.3 is 10.2 Å². The molecule has 1 aromatic rings. The Morgan fingerprint density at radius 2 is 1.75 bits per heavy atom. The van der Waals surface area contributed by atoms with Gasteiger partial charge in [0.15, 0.2) is 0 Å². The van der Waals surface area contributed by atoms with Crippen LogP contribution in [0, 0.1) is 11.6 Å². The van der Waals surface area contributed by atoms with E-state index in [-0.39, 0.29) is 5.56 Å². The predicted molar refractivity (Wildman–Crippen MR) is 61.5 cm³/mol. The summed E-state index contributed by atoms with van der Waals surface area (Å²) in [5.41, 5.74) is 0.167. The molecule has 90 valence electrons. The molecule has 2 nitrogen and oxygen atoms in total. The van der Waals surface area contributed by atoms with Gasteiger partial charge in [-0.1, -0.05) is 6.07 Å². The summed E-state index contributed by atoms with van der Waals surface area (Å²) in [6.07, 6.45) is 0.381. The quantitative estimate of drug-likeness (QED) is 0.745. The van der Waals surface area contributed by atoms with Gasteiger partial charge in [-0.05, 0) is 39.2 Å². The fourth-order valence-corrected chi connectivity index (χ4v) is 1.41. The van der Waals surface area contributed by atoms with Crippen LogP contribution in [0.2, 0.25) is 0 Å². The van der Waals surface area contributed by atoms with E-state index in [9.17, 15) is 8.78 Å². The molecule has 0 atom stereocenters. The molecule has 0 radical (unpaired) electrons. The molecule has 0 spiro atoms. The highest BCUT2D eigenvalue weighted by Crippen LogP contribution is 2.11. The first-order valence-electron chi connectivity index (χ1n) is 5.39. The van der Waals surface area contributed by atoms with Crippen LogP contribution in [-0.2, 0) is 6.42 Å². The van der Waals surface area contributed by atoms with E-state index in [4.69, 9.17) is 0 Å². The average molecular weight is 228 g/mol. The van der Waals surface area contributed by atoms with E-state index in [0.29, 0.717) is 13.0 Å². The summed E-state index contributed by atoms with van der Waals surface area (Å²) < 4.78 is 26.4. The van der Waals surface area contributed by atoms with Crippen LogP contribution in [0.25, 0.3) is 0 Å². The van der Waals surface area contributed by atoms with Gasteiger partial charge >= 0.3 is 0 Å². The van der Waals surface area contributed by atoms with Crippen LogP contribution in [0.15, 0.2) is 18.2 Å². The molecule has 0 saturated carbocycles. The second-order valence-corrected chi connectivity index (χ2v) is 4.00. The molecule has 1 N–H and O–H groups in total. The SMILES string of the molecule is CN(C)CCNCCc1c(F)cccc1F. The number of hydrogen-bond acceptors (Lipinski definition) is 2. The van der Waals surface area contributed by atoms with Crippen molar-refractivity contribution in [2.45, 2.75) is 6.42 Å². The molecule has 4 heteroatoms. The van der Waals surface area contributed by atoms with Gasteiger partial charge in [-0.3, -0.25) is 0 Å². The summed E-state index contributed by atoms with van der Waals surface area (Å²) in [7, 11) is 3.97. The molecule has 0 saturated heterocycles. The Morgan fingerprint density at radius 3 is 2.31 bits per heavy atom. The second-order valence-electron chi connectivity index (χ2n) is 4.00. The van der Waals surface area contributed by atoms with Crippen LogP contribution in [0.1, 0.15) is 5.56 Å². The molecule has 1 aromatic carbocycles. The number of likely N-dealkylation sites (N-methyl/N-ethyl adjacent to an activating group) is 1. The molecule has 0 heterocycles. The standard InChI is InChI=1S/C12H18F2N2/c1-16(2)9-8-15-7-6-10-11(13)4-3-5-12(10)14/h3-5,15H,6-9H2,1-2H3. The Kier molecular flexibility index (Phi) is 5.35. The van der Waals surface area contributed by atoms with Crippen molar-refractivity contribution in [2.75, 3.05) is 33.7 Å². The molecule has 0 bridgehead atoms. The number of nitrogens with zero attached hydrogens (tertiary/aromatic N) is 1. The highest BCUT2D eigenvalue weighted by atomic mass is 19.1. The summed E-state index contributed by atoms with van der Waals surface area (Å²) in [6, 6.07) is 3.96. The molecular weight excluding hydrogens is 210 g/mol. The van der Waals surface area contributed by atoms with E-state index >= 15 is 0 Å². The van der Waals surface area contributed by atoms with Crippen LogP contribution in [-0.4, -0.2) is 38.6 Å². The molecule has 0 amide bonds. The van der Waals surface area contributed by atoms with Crippen molar-refractivity contribution in [2.24, 2.45) is 0 Å². The van der Waals surface area contributed by atoms with Crippen LogP contribution in [0.5, 0.6) is 0 Å². The van der Waals surface area contributed by atoms with Gasteiger partial charge in [0.25, 0.3) is 0 Å². The predicted octanol–water partition coefficient (Wildman–Crippen LogP) is 1.66. The van der Waals surface area contributed by atoms with Crippen LogP contribution >= 0.6 is 0 Å². The third kappa shape index (κ3) is 4.24. The van der Waals surface area contributed by atoms with Gasteiger partial charge in [0.2, 0.25) is 0 Å². The summed E-state index contributed by atoms with van der Waals surface area (Å²) in [5.74, 6) is -0.927. The molecule has 0 unspecified atom stereocenters. The number of rotatable bonds is 6. The lowest BCUT2D eigenvalue weighted by molar-refractivity contribution is 0.400. The lowest BCUT2D eigenvalue weighted by atomic mass is 10.1. The summed E-state index contributed by atoms with van der Waals surface area (Å²) >= 11 is 0. The lowest BCUT2D eigenvalue weighted by Gasteiger charge is -2.10. The molecular formula is C12H18F2N2. The van der Waals surface area contributed by atoms with Gasteiger partial charge in [-0.2, -0.15) is 0 Å². The molecule has 0 aliphatic carbocycles. The minimum absolute atomic E-state index is 0.167. The summed E-state index contributed by atoms with van der Waals surface area (Å²) in [4.78, 5) is 2.05. The van der Waals surface area contributed by atoms with Crippen molar-refractivity contribution in [1.29, 1.82) is 0 Å². The van der Waals surface area contributed by atoms with E-state index in [1.165, 1.54) is 18.2 Å². The minimum atomic E-state index is -0.464. The zero-order chi connectivity index (χ0) is 12.0. The summed E-state index contributed by atoms with van der Waals surface area (Å²) in [5, 5.41) is 3.14. The third-order valence-corrected chi connectivity index (χ3v) is 2.35. The molecule has 0 aromatic heterocycles. The Bertz CT molecular complexity index is 307. The highest BCUT2D eigenvalue weighted by molar-refractivity contribution is 5.19. The minimum Gasteiger partial charge on any atom is -0.315 e. The fourth-order valence-electron chi connectivity index (χ4n) is 1.41. The van der Waals surface area contributed by atoms with Crippen LogP contribution in [0.3, 0.4) is 0 Å². The topological polar surface area (TPSA) is 15.3 Å². The number of nitrogens with one attached hydrogen (secondary N) is 1. The van der Waals surface area contributed by atoms with E-state index in [1.807, 2.05) is 14.1 Å². The third-order valence-electron chi connectivity index (χ3n) is 2.35. The van der Waals surface area contributed by atoms with Gasteiger partial charge in [-0.25, -0.2) is 8.78 Å². The fraction of sp³-hybridized carbons (Fsp3) is 0.500. The normalized spacial score (nSPS) is 11.1. The van der Waals surface area contributed by atoms with Crippen molar-refractivity contribution < 1.29 is 8.78 Å². The van der Waals surface area contributed by atoms with E-state index < -0.39 is 11.6 Å². The van der Waals surface area contributed by atoms with Gasteiger partial charge in [0.05, 0.1) is 0 Å². The van der Waals surface area contributed by atoms with E-state index in [1.54, 1.807) is 0 Å². The zero-order valence-corrected chi connectivity index (χ0v) is 9.76. The first kappa shape index (κ1) is 13.1. The Morgan fingerprint density at radius 1 is 1.12 bits per heavy atom. The first-order chi connectivity index (χ1) is 7.61. The molecule has 0 aliphatic heterocycles. The first-order valence-corrected chi connectivity index (χ1v) is 5.39. The molecule has 0 fully saturated rings.